The molecule has 2 aromatic carbocycles. The van der Waals surface area contributed by atoms with Gasteiger partial charge in [0.2, 0.25) is 5.95 Å². The Morgan fingerprint density at radius 2 is 1.86 bits per heavy atom. The number of methoxy groups -OCH3 is 2. The van der Waals surface area contributed by atoms with Crippen LogP contribution in [-0.4, -0.2) is 42.0 Å². The molecule has 9 heteroatoms. The topological polar surface area (TPSA) is 107 Å². The zero-order valence-corrected chi connectivity index (χ0v) is 16.3. The number of rotatable bonds is 8. The van der Waals surface area contributed by atoms with E-state index in [0.717, 1.165) is 0 Å². The lowest BCUT2D eigenvalue weighted by atomic mass is 10.2. The van der Waals surface area contributed by atoms with Crippen LogP contribution in [-0.2, 0) is 4.74 Å². The van der Waals surface area contributed by atoms with Gasteiger partial charge in [-0.15, -0.1) is 5.10 Å². The number of nitrogens with one attached hydrogen (secondary N) is 2. The summed E-state index contributed by atoms with van der Waals surface area (Å²) in [5, 5.41) is 14.1. The molecule has 0 fully saturated rings. The van der Waals surface area contributed by atoms with Gasteiger partial charge in [0, 0.05) is 6.07 Å². The van der Waals surface area contributed by atoms with Crippen LogP contribution >= 0.6 is 0 Å². The predicted octanol–water partition coefficient (Wildman–Crippen LogP) is 3.55. The molecule has 3 rings (SSSR count). The van der Waals surface area contributed by atoms with Gasteiger partial charge in [0.15, 0.2) is 5.82 Å². The van der Waals surface area contributed by atoms with Gasteiger partial charge in [0.25, 0.3) is 0 Å². The summed E-state index contributed by atoms with van der Waals surface area (Å²) in [6.45, 7) is 2.05. The highest BCUT2D eigenvalue weighted by Crippen LogP contribution is 2.30. The van der Waals surface area contributed by atoms with Crippen molar-refractivity contribution in [1.29, 1.82) is 0 Å². The Kier molecular flexibility index (Phi) is 6.41. The van der Waals surface area contributed by atoms with Crippen molar-refractivity contribution in [2.24, 2.45) is 0 Å². The van der Waals surface area contributed by atoms with E-state index in [1.807, 2.05) is 0 Å². The number of esters is 1. The first-order valence-corrected chi connectivity index (χ1v) is 8.86. The summed E-state index contributed by atoms with van der Waals surface area (Å²) in [5.74, 6) is 1.48. The molecule has 150 valence electrons. The van der Waals surface area contributed by atoms with Crippen molar-refractivity contribution in [2.45, 2.75) is 6.92 Å². The second kappa shape index (κ2) is 9.36. The van der Waals surface area contributed by atoms with E-state index >= 15 is 0 Å². The summed E-state index contributed by atoms with van der Waals surface area (Å²) in [4.78, 5) is 16.5. The van der Waals surface area contributed by atoms with Crippen molar-refractivity contribution in [3.8, 4) is 11.5 Å². The fraction of sp³-hybridized carbons (Fsp3) is 0.200. The molecule has 0 unspecified atom stereocenters. The Morgan fingerprint density at radius 3 is 2.62 bits per heavy atom. The minimum atomic E-state index is -0.419. The van der Waals surface area contributed by atoms with Gasteiger partial charge >= 0.3 is 5.97 Å². The van der Waals surface area contributed by atoms with Crippen LogP contribution in [0.1, 0.15) is 17.3 Å². The van der Waals surface area contributed by atoms with E-state index in [1.54, 1.807) is 63.6 Å². The number of carbonyl (C=O) groups is 1. The second-order valence-corrected chi connectivity index (χ2v) is 5.75. The van der Waals surface area contributed by atoms with E-state index in [2.05, 4.69) is 25.8 Å². The maximum Gasteiger partial charge on any atom is 0.340 e. The van der Waals surface area contributed by atoms with E-state index in [9.17, 15) is 4.79 Å². The summed E-state index contributed by atoms with van der Waals surface area (Å²) in [5.41, 5.74) is 1.58. The van der Waals surface area contributed by atoms with Crippen molar-refractivity contribution in [3.63, 3.8) is 0 Å². The monoisotopic (exact) mass is 395 g/mol. The highest BCUT2D eigenvalue weighted by atomic mass is 16.5. The van der Waals surface area contributed by atoms with Gasteiger partial charge in [0.05, 0.1) is 44.0 Å². The third-order valence-electron chi connectivity index (χ3n) is 3.90. The Balaban J connectivity index is 1.84. The largest absolute Gasteiger partial charge is 0.497 e. The molecule has 29 heavy (non-hydrogen) atoms. The van der Waals surface area contributed by atoms with Crippen LogP contribution in [0.3, 0.4) is 0 Å². The van der Waals surface area contributed by atoms with Gasteiger partial charge in [-0.1, -0.05) is 12.1 Å². The van der Waals surface area contributed by atoms with Crippen molar-refractivity contribution in [3.05, 3.63) is 54.2 Å². The average Bonchev–Trinajstić information content (AvgIpc) is 2.74. The Bertz CT molecular complexity index is 996. The highest BCUT2D eigenvalue weighted by Gasteiger charge is 2.13. The number of ether oxygens (including phenoxy) is 3. The van der Waals surface area contributed by atoms with Crippen LogP contribution in [0.15, 0.2) is 48.7 Å². The lowest BCUT2D eigenvalue weighted by Crippen LogP contribution is -2.09. The van der Waals surface area contributed by atoms with Crippen molar-refractivity contribution >= 4 is 29.1 Å². The second-order valence-electron chi connectivity index (χ2n) is 5.75. The van der Waals surface area contributed by atoms with Crippen LogP contribution < -0.4 is 20.1 Å². The number of benzene rings is 2. The molecule has 1 aromatic heterocycles. The van der Waals surface area contributed by atoms with Crippen molar-refractivity contribution in [2.75, 3.05) is 31.5 Å². The molecule has 0 bridgehead atoms. The quantitative estimate of drug-likeness (QED) is 0.554. The highest BCUT2D eigenvalue weighted by molar-refractivity contribution is 5.96. The third-order valence-corrected chi connectivity index (χ3v) is 3.90. The lowest BCUT2D eigenvalue weighted by Gasteiger charge is -2.13. The Labute approximate surface area is 168 Å². The minimum absolute atomic E-state index is 0.246. The first kappa shape index (κ1) is 19.9. The number of hydrogen-bond acceptors (Lipinski definition) is 9. The summed E-state index contributed by atoms with van der Waals surface area (Å²) in [6.07, 6.45) is 1.45. The van der Waals surface area contributed by atoms with Crippen LogP contribution in [0, 0.1) is 0 Å². The molecule has 1 heterocycles. The van der Waals surface area contributed by atoms with Gasteiger partial charge in [-0.25, -0.2) is 4.79 Å². The number of aromatic nitrogens is 3. The molecular weight excluding hydrogens is 374 g/mol. The van der Waals surface area contributed by atoms with Crippen molar-refractivity contribution < 1.29 is 19.0 Å². The number of para-hydroxylation sites is 1. The summed E-state index contributed by atoms with van der Waals surface area (Å²) < 4.78 is 15.7. The lowest BCUT2D eigenvalue weighted by molar-refractivity contribution is 0.0527. The maximum absolute atomic E-state index is 12.1. The standard InChI is InChI=1S/C20H21N5O4/c1-4-29-19(26)14-7-5-6-8-15(14)22-18-12-21-25-20(24-18)23-16-11-13(27-2)9-10-17(16)28-3/h5-12H,4H2,1-3H3,(H2,22,23,24,25). The summed E-state index contributed by atoms with van der Waals surface area (Å²) in [6, 6.07) is 12.3. The normalized spacial score (nSPS) is 10.2. The fourth-order valence-electron chi connectivity index (χ4n) is 2.57. The van der Waals surface area contributed by atoms with Crippen LogP contribution in [0.25, 0.3) is 0 Å². The fourth-order valence-corrected chi connectivity index (χ4v) is 2.57. The molecule has 0 saturated carbocycles. The van der Waals surface area contributed by atoms with E-state index < -0.39 is 5.97 Å². The molecule has 0 atom stereocenters. The molecule has 0 aliphatic rings. The summed E-state index contributed by atoms with van der Waals surface area (Å²) >= 11 is 0. The van der Waals surface area contributed by atoms with Gasteiger partial charge in [-0.05, 0) is 31.2 Å². The van der Waals surface area contributed by atoms with Crippen LogP contribution in [0.4, 0.5) is 23.1 Å². The number of anilines is 4. The molecule has 3 aromatic rings. The van der Waals surface area contributed by atoms with E-state index in [-0.39, 0.29) is 5.95 Å². The smallest absolute Gasteiger partial charge is 0.340 e. The van der Waals surface area contributed by atoms with E-state index in [0.29, 0.717) is 40.9 Å². The molecule has 0 aliphatic carbocycles. The van der Waals surface area contributed by atoms with Gasteiger partial charge < -0.3 is 24.8 Å². The molecule has 0 aliphatic heterocycles. The zero-order valence-electron chi connectivity index (χ0n) is 16.3. The first-order valence-electron chi connectivity index (χ1n) is 8.86. The molecule has 0 radical (unpaired) electrons. The molecule has 9 nitrogen and oxygen atoms in total. The Morgan fingerprint density at radius 1 is 1.03 bits per heavy atom. The summed E-state index contributed by atoms with van der Waals surface area (Å²) in [7, 11) is 3.14. The van der Waals surface area contributed by atoms with E-state index in [4.69, 9.17) is 14.2 Å². The van der Waals surface area contributed by atoms with Crippen LogP contribution in [0.2, 0.25) is 0 Å². The van der Waals surface area contributed by atoms with Gasteiger partial charge in [-0.2, -0.15) is 10.1 Å². The molecular formula is C20H21N5O4. The molecule has 0 spiro atoms. The third kappa shape index (κ3) is 4.89. The molecule has 2 N–H and O–H groups in total. The van der Waals surface area contributed by atoms with Gasteiger partial charge in [-0.3, -0.25) is 0 Å². The molecule has 0 amide bonds. The van der Waals surface area contributed by atoms with Crippen LogP contribution in [0.5, 0.6) is 11.5 Å². The van der Waals surface area contributed by atoms with E-state index in [1.165, 1.54) is 6.20 Å². The predicted molar refractivity (Wildman–Crippen MR) is 108 cm³/mol. The minimum Gasteiger partial charge on any atom is -0.497 e. The SMILES string of the molecule is CCOC(=O)c1ccccc1Nc1cnnc(Nc2cc(OC)ccc2OC)n1. The van der Waals surface area contributed by atoms with Gasteiger partial charge in [0.1, 0.15) is 11.5 Å². The Hall–Kier alpha value is -3.88. The number of hydrogen-bond donors (Lipinski definition) is 2. The number of nitrogens with zero attached hydrogens (tertiary/aromatic N) is 3. The average molecular weight is 395 g/mol. The molecule has 0 saturated heterocycles. The van der Waals surface area contributed by atoms with Crippen molar-refractivity contribution in [1.82, 2.24) is 15.2 Å². The number of carbonyl (C=O) groups excluding carboxylic acids is 1. The maximum atomic E-state index is 12.1. The first-order chi connectivity index (χ1) is 14.1. The zero-order chi connectivity index (χ0) is 20.6.